The molecule has 0 heterocycles. The van der Waals surface area contributed by atoms with Crippen LogP contribution < -0.4 is 0 Å². The van der Waals surface area contributed by atoms with Crippen molar-refractivity contribution in [2.45, 2.75) is 0 Å². The lowest BCUT2D eigenvalue weighted by atomic mass is 10.7. The van der Waals surface area contributed by atoms with E-state index < -0.39 is 12.5 Å². The van der Waals surface area contributed by atoms with Gasteiger partial charge >= 0.3 is 5.97 Å². The van der Waals surface area contributed by atoms with E-state index in [-0.39, 0.29) is 4.86 Å². The molecule has 0 aromatic rings. The zero-order chi connectivity index (χ0) is 6.57. The summed E-state index contributed by atoms with van der Waals surface area (Å²) in [6, 6.07) is 0. The Morgan fingerprint density at radius 3 is 2.50 bits per heavy atom. The molecule has 0 aromatic carbocycles. The van der Waals surface area contributed by atoms with E-state index in [1.807, 2.05) is 5.28 Å². The number of carboxylic acids is 1. The van der Waals surface area contributed by atoms with Crippen molar-refractivity contribution >= 4 is 5.97 Å². The van der Waals surface area contributed by atoms with E-state index in [9.17, 15) is 10.0 Å². The summed E-state index contributed by atoms with van der Waals surface area (Å²) in [5.74, 6) is -1.34. The summed E-state index contributed by atoms with van der Waals surface area (Å²) in [5.41, 5.74) is 0. The fourth-order valence-electron chi connectivity index (χ4n) is 0.147. The Labute approximate surface area is 44.2 Å². The molecule has 0 rings (SSSR count). The number of rotatable bonds is 2. The van der Waals surface area contributed by atoms with E-state index >= 15 is 0 Å². The molecule has 0 bridgehead atoms. The van der Waals surface area contributed by atoms with Crippen LogP contribution in [0.3, 0.4) is 0 Å². The molecule has 0 fully saturated rings. The monoisotopic (exact) mass is 120 g/mol. The van der Waals surface area contributed by atoms with Crippen LogP contribution in [0.25, 0.3) is 0 Å². The van der Waals surface area contributed by atoms with Gasteiger partial charge in [-0.15, -0.1) is 0 Å². The quantitative estimate of drug-likeness (QED) is 0.289. The second-order valence-electron chi connectivity index (χ2n) is 0.993. The predicted octanol–water partition coefficient (Wildman–Crippen LogP) is -0.577. The Morgan fingerprint density at radius 2 is 2.38 bits per heavy atom. The number of nitrogens with zero attached hydrogens (tertiary/aromatic N) is 2. The van der Waals surface area contributed by atoms with Crippen molar-refractivity contribution in [2.24, 2.45) is 5.28 Å². The molecule has 0 amide bonds. The highest BCUT2D eigenvalue weighted by Crippen LogP contribution is 1.70. The smallest absolute Gasteiger partial charge is 0.373 e. The summed E-state index contributed by atoms with van der Waals surface area (Å²) in [7, 11) is 0. The van der Waals surface area contributed by atoms with Crippen molar-refractivity contribution in [1.29, 1.82) is 0 Å². The van der Waals surface area contributed by atoms with E-state index in [0.29, 0.717) is 0 Å². The SMILES string of the molecule is O=C(O)C/[N+]([O-])=N/O. The van der Waals surface area contributed by atoms with Crippen molar-refractivity contribution < 1.29 is 20.0 Å². The van der Waals surface area contributed by atoms with Crippen LogP contribution in [0.1, 0.15) is 0 Å². The summed E-state index contributed by atoms with van der Waals surface area (Å²) in [6.07, 6.45) is 0. The van der Waals surface area contributed by atoms with E-state index in [0.717, 1.165) is 0 Å². The average molecular weight is 120 g/mol. The van der Waals surface area contributed by atoms with Gasteiger partial charge in [0.15, 0.2) is 5.28 Å². The van der Waals surface area contributed by atoms with Crippen molar-refractivity contribution in [3.05, 3.63) is 5.21 Å². The normalized spacial score (nSPS) is 11.2. The van der Waals surface area contributed by atoms with Crippen molar-refractivity contribution in [1.82, 2.24) is 0 Å². The third-order valence-corrected chi connectivity index (χ3v) is 0.370. The molecule has 0 radical (unpaired) electrons. The Bertz CT molecular complexity index is 119. The Morgan fingerprint density at radius 1 is 1.88 bits per heavy atom. The molecule has 2 N–H and O–H groups in total. The van der Waals surface area contributed by atoms with Crippen LogP contribution in [-0.4, -0.2) is 27.7 Å². The second kappa shape index (κ2) is 2.78. The van der Waals surface area contributed by atoms with Crippen LogP contribution >= 0.6 is 0 Å². The molecule has 46 valence electrons. The highest BCUT2D eigenvalue weighted by atomic mass is 16.6. The summed E-state index contributed by atoms with van der Waals surface area (Å²) < 4.78 is 0. The Kier molecular flexibility index (Phi) is 2.32. The molecule has 0 unspecified atom stereocenters. The number of hydrogen-bond acceptors (Lipinski definition) is 3. The van der Waals surface area contributed by atoms with Gasteiger partial charge in [0, 0.05) is 0 Å². The number of hydrogen-bond donors (Lipinski definition) is 2. The zero-order valence-electron chi connectivity index (χ0n) is 3.81. The molecule has 8 heavy (non-hydrogen) atoms. The largest absolute Gasteiger partial charge is 0.597 e. The number of carbonyl (C=O) groups is 1. The molecular weight excluding hydrogens is 116 g/mol. The molecular formula is C2H4N2O4. The van der Waals surface area contributed by atoms with Crippen LogP contribution in [0, 0.1) is 5.21 Å². The Balaban J connectivity index is 3.56. The average Bonchev–Trinajstić information content (AvgIpc) is 1.65. The first-order valence-corrected chi connectivity index (χ1v) is 1.68. The molecule has 0 saturated carbocycles. The van der Waals surface area contributed by atoms with E-state index in [1.54, 1.807) is 0 Å². The maximum Gasteiger partial charge on any atom is 0.373 e. The molecule has 0 aliphatic carbocycles. The standard InChI is InChI=1S/C2H4N2O4/c5-2(6)1-4(8)3-7/h7H,1H2,(H,5,6)/b4-3-. The van der Waals surface area contributed by atoms with Crippen molar-refractivity contribution in [2.75, 3.05) is 6.54 Å². The van der Waals surface area contributed by atoms with Crippen LogP contribution in [0.15, 0.2) is 5.28 Å². The molecule has 0 saturated heterocycles. The number of aliphatic carboxylic acids is 1. The molecule has 6 nitrogen and oxygen atoms in total. The van der Waals surface area contributed by atoms with Crippen LogP contribution in [0.2, 0.25) is 0 Å². The topological polar surface area (TPSA) is 96.0 Å². The zero-order valence-corrected chi connectivity index (χ0v) is 3.81. The first kappa shape index (κ1) is 6.67. The maximum atomic E-state index is 9.74. The van der Waals surface area contributed by atoms with Gasteiger partial charge in [0.05, 0.1) is 0 Å². The van der Waals surface area contributed by atoms with Crippen LogP contribution in [0.4, 0.5) is 0 Å². The van der Waals surface area contributed by atoms with E-state index in [1.165, 1.54) is 0 Å². The van der Waals surface area contributed by atoms with Crippen LogP contribution in [-0.2, 0) is 4.79 Å². The third-order valence-electron chi connectivity index (χ3n) is 0.370. The Hall–Kier alpha value is -1.33. The highest BCUT2D eigenvalue weighted by molar-refractivity contribution is 5.67. The minimum absolute atomic E-state index is 0.345. The minimum Gasteiger partial charge on any atom is -0.597 e. The van der Waals surface area contributed by atoms with E-state index in [2.05, 4.69) is 0 Å². The second-order valence-corrected chi connectivity index (χ2v) is 0.993. The fourth-order valence-corrected chi connectivity index (χ4v) is 0.147. The molecule has 0 aliphatic heterocycles. The van der Waals surface area contributed by atoms with Gasteiger partial charge in [-0.1, -0.05) is 0 Å². The summed E-state index contributed by atoms with van der Waals surface area (Å²) in [4.78, 5) is 9.21. The van der Waals surface area contributed by atoms with Crippen LogP contribution in [0.5, 0.6) is 0 Å². The lowest BCUT2D eigenvalue weighted by Crippen LogP contribution is -2.12. The summed E-state index contributed by atoms with van der Waals surface area (Å²) in [5, 5.41) is 27.1. The van der Waals surface area contributed by atoms with Gasteiger partial charge in [-0.05, 0) is 4.86 Å². The molecule has 6 heteroatoms. The van der Waals surface area contributed by atoms with Gasteiger partial charge < -0.3 is 15.5 Å². The van der Waals surface area contributed by atoms with Gasteiger partial charge in [0.1, 0.15) is 0 Å². The van der Waals surface area contributed by atoms with Gasteiger partial charge in [0.25, 0.3) is 6.54 Å². The van der Waals surface area contributed by atoms with Crippen molar-refractivity contribution in [3.63, 3.8) is 0 Å². The lowest BCUT2D eigenvalue weighted by Gasteiger charge is -1.89. The van der Waals surface area contributed by atoms with E-state index in [4.69, 9.17) is 10.3 Å². The molecule has 0 aromatic heterocycles. The molecule has 0 aliphatic rings. The van der Waals surface area contributed by atoms with Gasteiger partial charge in [0.2, 0.25) is 0 Å². The maximum absolute atomic E-state index is 9.74. The first-order valence-electron chi connectivity index (χ1n) is 1.68. The summed E-state index contributed by atoms with van der Waals surface area (Å²) >= 11 is 0. The minimum atomic E-state index is -1.34. The highest BCUT2D eigenvalue weighted by Gasteiger charge is 2.02. The fraction of sp³-hybridized carbons (Fsp3) is 0.500. The predicted molar refractivity (Wildman–Crippen MR) is 20.3 cm³/mol. The molecule has 0 atom stereocenters. The van der Waals surface area contributed by atoms with Gasteiger partial charge in [-0.3, -0.25) is 0 Å². The van der Waals surface area contributed by atoms with Gasteiger partial charge in [-0.25, -0.2) is 4.79 Å². The molecule has 0 spiro atoms. The lowest BCUT2D eigenvalue weighted by molar-refractivity contribution is -0.546. The van der Waals surface area contributed by atoms with Crippen molar-refractivity contribution in [3.8, 4) is 0 Å². The third kappa shape index (κ3) is 2.88. The number of carboxylic acid groups (broad SMARTS) is 1. The number of hydroxylamine groups is 1. The van der Waals surface area contributed by atoms with Gasteiger partial charge in [-0.2, -0.15) is 0 Å². The first-order chi connectivity index (χ1) is 3.66. The summed E-state index contributed by atoms with van der Waals surface area (Å²) in [6.45, 7) is -0.837.